The lowest BCUT2D eigenvalue weighted by Gasteiger charge is -2.29. The highest BCUT2D eigenvalue weighted by Crippen LogP contribution is 2.28. The van der Waals surface area contributed by atoms with E-state index in [9.17, 15) is 4.79 Å². The Kier molecular flexibility index (Phi) is 3.57. The Hall–Kier alpha value is -1.89. The van der Waals surface area contributed by atoms with Gasteiger partial charge in [-0.05, 0) is 26.1 Å². The molecule has 1 unspecified atom stereocenters. The van der Waals surface area contributed by atoms with Crippen LogP contribution in [0, 0.1) is 6.92 Å². The van der Waals surface area contributed by atoms with Crippen LogP contribution in [0.4, 0.5) is 0 Å². The minimum atomic E-state index is -0.381. The summed E-state index contributed by atoms with van der Waals surface area (Å²) >= 11 is 5.15. The predicted octanol–water partition coefficient (Wildman–Crippen LogP) is 0.694. The Morgan fingerprint density at radius 3 is 2.74 bits per heavy atom. The second-order valence-electron chi connectivity index (χ2n) is 4.41. The Morgan fingerprint density at radius 2 is 2.21 bits per heavy atom. The van der Waals surface area contributed by atoms with E-state index in [2.05, 4.69) is 15.7 Å². The van der Waals surface area contributed by atoms with Gasteiger partial charge < -0.3 is 15.4 Å². The first-order valence-electron chi connectivity index (χ1n) is 5.80. The summed E-state index contributed by atoms with van der Waals surface area (Å²) in [6, 6.07) is -0.338. The lowest BCUT2D eigenvalue weighted by atomic mass is 9.96. The van der Waals surface area contributed by atoms with Crippen LogP contribution in [0.15, 0.2) is 17.5 Å². The average Bonchev–Trinajstić information content (AvgIpc) is 2.66. The van der Waals surface area contributed by atoms with Crippen molar-refractivity contribution in [1.82, 2.24) is 20.4 Å². The molecule has 1 aromatic heterocycles. The Bertz CT molecular complexity index is 576. The SMILES string of the molecule is COC(=O)C1=C(C)NC(=S)NC1c1cn(C)nc1C. The van der Waals surface area contributed by atoms with Crippen molar-refractivity contribution in [2.45, 2.75) is 19.9 Å². The van der Waals surface area contributed by atoms with E-state index in [4.69, 9.17) is 17.0 Å². The number of carbonyl (C=O) groups is 1. The van der Waals surface area contributed by atoms with Crippen molar-refractivity contribution in [3.63, 3.8) is 0 Å². The van der Waals surface area contributed by atoms with Crippen LogP contribution < -0.4 is 10.6 Å². The van der Waals surface area contributed by atoms with E-state index in [-0.39, 0.29) is 12.0 Å². The van der Waals surface area contributed by atoms with E-state index < -0.39 is 0 Å². The lowest BCUT2D eigenvalue weighted by molar-refractivity contribution is -0.136. The van der Waals surface area contributed by atoms with E-state index in [0.29, 0.717) is 16.4 Å². The summed E-state index contributed by atoms with van der Waals surface area (Å²) in [7, 11) is 3.20. The summed E-state index contributed by atoms with van der Waals surface area (Å²) < 4.78 is 6.56. The van der Waals surface area contributed by atoms with Crippen LogP contribution in [0.25, 0.3) is 0 Å². The van der Waals surface area contributed by atoms with Gasteiger partial charge in [-0.1, -0.05) is 0 Å². The van der Waals surface area contributed by atoms with Gasteiger partial charge in [-0.2, -0.15) is 5.10 Å². The maximum absolute atomic E-state index is 12.0. The molecule has 2 heterocycles. The van der Waals surface area contributed by atoms with Gasteiger partial charge in [-0.15, -0.1) is 0 Å². The molecule has 0 aromatic carbocycles. The zero-order chi connectivity index (χ0) is 14.2. The van der Waals surface area contributed by atoms with Crippen molar-refractivity contribution in [2.24, 2.45) is 7.05 Å². The third-order valence-corrected chi connectivity index (χ3v) is 3.26. The minimum absolute atomic E-state index is 0.338. The third kappa shape index (κ3) is 2.46. The van der Waals surface area contributed by atoms with Gasteiger partial charge in [0, 0.05) is 24.5 Å². The second kappa shape index (κ2) is 5.00. The van der Waals surface area contributed by atoms with Crippen molar-refractivity contribution in [2.75, 3.05) is 7.11 Å². The molecule has 7 heteroatoms. The van der Waals surface area contributed by atoms with Gasteiger partial charge in [0.15, 0.2) is 5.11 Å². The number of carbonyl (C=O) groups excluding carboxylic acids is 1. The number of ether oxygens (including phenoxy) is 1. The van der Waals surface area contributed by atoms with Crippen molar-refractivity contribution in [1.29, 1.82) is 0 Å². The fourth-order valence-corrected chi connectivity index (χ4v) is 2.48. The Morgan fingerprint density at radius 1 is 1.53 bits per heavy atom. The number of methoxy groups -OCH3 is 1. The molecule has 0 radical (unpaired) electrons. The molecule has 0 amide bonds. The van der Waals surface area contributed by atoms with Crippen molar-refractivity contribution in [3.05, 3.63) is 28.7 Å². The van der Waals surface area contributed by atoms with Gasteiger partial charge >= 0.3 is 5.97 Å². The molecule has 2 N–H and O–H groups in total. The fourth-order valence-electron chi connectivity index (χ4n) is 2.21. The van der Waals surface area contributed by atoms with Crippen LogP contribution in [0.5, 0.6) is 0 Å². The van der Waals surface area contributed by atoms with Gasteiger partial charge in [0.25, 0.3) is 0 Å². The molecule has 0 saturated carbocycles. The molecule has 0 aliphatic carbocycles. The summed E-state index contributed by atoms with van der Waals surface area (Å²) in [5, 5.41) is 10.8. The number of nitrogens with zero attached hydrogens (tertiary/aromatic N) is 2. The largest absolute Gasteiger partial charge is 0.466 e. The van der Waals surface area contributed by atoms with Crippen LogP contribution in [0.3, 0.4) is 0 Å². The van der Waals surface area contributed by atoms with E-state index in [0.717, 1.165) is 11.3 Å². The third-order valence-electron chi connectivity index (χ3n) is 3.04. The highest BCUT2D eigenvalue weighted by Gasteiger charge is 2.32. The minimum Gasteiger partial charge on any atom is -0.466 e. The van der Waals surface area contributed by atoms with E-state index >= 15 is 0 Å². The number of rotatable bonds is 2. The summed E-state index contributed by atoms with van der Waals surface area (Å²) in [5.74, 6) is -0.381. The van der Waals surface area contributed by atoms with Crippen LogP contribution in [-0.4, -0.2) is 28.0 Å². The van der Waals surface area contributed by atoms with Gasteiger partial charge in [-0.3, -0.25) is 4.68 Å². The first-order valence-corrected chi connectivity index (χ1v) is 6.21. The number of thiocarbonyl (C=S) groups is 1. The highest BCUT2D eigenvalue weighted by atomic mass is 32.1. The quantitative estimate of drug-likeness (QED) is 0.614. The summed E-state index contributed by atoms with van der Waals surface area (Å²) in [6.07, 6.45) is 1.87. The average molecular weight is 280 g/mol. The number of aryl methyl sites for hydroxylation is 2. The van der Waals surface area contributed by atoms with E-state index in [1.165, 1.54) is 7.11 Å². The molecular formula is C12H16N4O2S. The van der Waals surface area contributed by atoms with Gasteiger partial charge in [-0.25, -0.2) is 4.79 Å². The number of allylic oxidation sites excluding steroid dienone is 1. The Labute approximate surface area is 116 Å². The molecule has 2 rings (SSSR count). The maximum Gasteiger partial charge on any atom is 0.337 e. The van der Waals surface area contributed by atoms with Gasteiger partial charge in [0.1, 0.15) is 0 Å². The van der Waals surface area contributed by atoms with Crippen molar-refractivity contribution < 1.29 is 9.53 Å². The normalized spacial score (nSPS) is 18.9. The lowest BCUT2D eigenvalue weighted by Crippen LogP contribution is -2.45. The number of hydrogen-bond donors (Lipinski definition) is 2. The molecule has 0 fully saturated rings. The predicted molar refractivity (Wildman–Crippen MR) is 74.3 cm³/mol. The number of hydrogen-bond acceptors (Lipinski definition) is 4. The van der Waals surface area contributed by atoms with Crippen LogP contribution in [0.2, 0.25) is 0 Å². The zero-order valence-electron chi connectivity index (χ0n) is 11.3. The number of nitrogens with one attached hydrogen (secondary N) is 2. The number of aromatic nitrogens is 2. The summed E-state index contributed by atoms with van der Waals surface area (Å²) in [5.41, 5.74) is 2.97. The number of esters is 1. The molecule has 6 nitrogen and oxygen atoms in total. The molecule has 1 aromatic rings. The molecule has 102 valence electrons. The van der Waals surface area contributed by atoms with Crippen LogP contribution >= 0.6 is 12.2 Å². The van der Waals surface area contributed by atoms with Gasteiger partial charge in [0.2, 0.25) is 0 Å². The fraction of sp³-hybridized carbons (Fsp3) is 0.417. The summed E-state index contributed by atoms with van der Waals surface area (Å²) in [6.45, 7) is 3.70. The maximum atomic E-state index is 12.0. The monoisotopic (exact) mass is 280 g/mol. The molecule has 1 aliphatic heterocycles. The topological polar surface area (TPSA) is 68.2 Å². The first-order chi connectivity index (χ1) is 8.93. The van der Waals surface area contributed by atoms with Gasteiger partial charge in [0.05, 0.1) is 24.4 Å². The van der Waals surface area contributed by atoms with E-state index in [1.807, 2.05) is 20.2 Å². The Balaban J connectivity index is 2.52. The second-order valence-corrected chi connectivity index (χ2v) is 4.81. The molecule has 19 heavy (non-hydrogen) atoms. The molecule has 1 atom stereocenters. The van der Waals surface area contributed by atoms with Crippen LogP contribution in [-0.2, 0) is 16.6 Å². The van der Waals surface area contributed by atoms with Crippen molar-refractivity contribution >= 4 is 23.3 Å². The summed E-state index contributed by atoms with van der Waals surface area (Å²) in [4.78, 5) is 12.0. The molecule has 0 bridgehead atoms. The van der Waals surface area contributed by atoms with E-state index in [1.54, 1.807) is 11.6 Å². The smallest absolute Gasteiger partial charge is 0.337 e. The molecule has 1 aliphatic rings. The van der Waals surface area contributed by atoms with Crippen molar-refractivity contribution in [3.8, 4) is 0 Å². The zero-order valence-corrected chi connectivity index (χ0v) is 12.1. The molecule has 0 saturated heterocycles. The molecular weight excluding hydrogens is 264 g/mol. The molecule has 0 spiro atoms. The highest BCUT2D eigenvalue weighted by molar-refractivity contribution is 7.80. The standard InChI is InChI=1S/C12H16N4O2S/c1-6-8(5-16(3)15-6)10-9(11(17)18-4)7(2)13-12(19)14-10/h5,10H,1-4H3,(H2,13,14,19). The first kappa shape index (κ1) is 13.5. The van der Waals surface area contributed by atoms with Crippen LogP contribution in [0.1, 0.15) is 24.2 Å².